The molecule has 0 aliphatic heterocycles. The number of amides is 1. The smallest absolute Gasteiger partial charge is 0.259 e. The zero-order chi connectivity index (χ0) is 22.1. The maximum atomic E-state index is 13.7. The number of carbonyl (C=O) groups excluding carboxylic acids is 1. The van der Waals surface area contributed by atoms with Gasteiger partial charge in [-0.15, -0.1) is 0 Å². The van der Waals surface area contributed by atoms with Crippen molar-refractivity contribution in [3.05, 3.63) is 52.3 Å². The number of benzene rings is 2. The summed E-state index contributed by atoms with van der Waals surface area (Å²) in [5.41, 5.74) is 3.57. The van der Waals surface area contributed by atoms with Gasteiger partial charge in [-0.25, -0.2) is 4.39 Å². The molecule has 0 atom stereocenters. The SMILES string of the molecule is CCOc1cc(/C=N/NC(=S)Nc2ccccc2F)cc(Br)c1OCC(=O)N(C)C. The van der Waals surface area contributed by atoms with E-state index in [0.29, 0.717) is 28.1 Å². The van der Waals surface area contributed by atoms with Gasteiger partial charge in [0.15, 0.2) is 23.2 Å². The topological polar surface area (TPSA) is 75.2 Å². The van der Waals surface area contributed by atoms with E-state index in [4.69, 9.17) is 21.7 Å². The molecule has 2 N–H and O–H groups in total. The van der Waals surface area contributed by atoms with E-state index in [-0.39, 0.29) is 23.3 Å². The molecule has 2 aromatic carbocycles. The predicted octanol–water partition coefficient (Wildman–Crippen LogP) is 3.77. The fourth-order valence-corrected chi connectivity index (χ4v) is 2.94. The largest absolute Gasteiger partial charge is 0.490 e. The molecule has 2 aromatic rings. The van der Waals surface area contributed by atoms with Gasteiger partial charge in [0, 0.05) is 14.1 Å². The van der Waals surface area contributed by atoms with Crippen LogP contribution in [0.3, 0.4) is 0 Å². The van der Waals surface area contributed by atoms with Crippen molar-refractivity contribution in [1.29, 1.82) is 0 Å². The standard InChI is InChI=1S/C20H22BrFN4O3S/c1-4-28-17-10-13(9-14(21)19(17)29-12-18(27)26(2)3)11-23-25-20(30)24-16-8-6-5-7-15(16)22/h5-11H,4,12H2,1-3H3,(H2,24,25,30)/b23-11+. The number of hydrogen-bond acceptors (Lipinski definition) is 5. The summed E-state index contributed by atoms with van der Waals surface area (Å²) in [5, 5.41) is 6.93. The lowest BCUT2D eigenvalue weighted by Gasteiger charge is -2.16. The summed E-state index contributed by atoms with van der Waals surface area (Å²) in [7, 11) is 3.31. The van der Waals surface area contributed by atoms with Crippen LogP contribution in [0.4, 0.5) is 10.1 Å². The van der Waals surface area contributed by atoms with Gasteiger partial charge in [-0.1, -0.05) is 12.1 Å². The van der Waals surface area contributed by atoms with E-state index in [1.165, 1.54) is 17.2 Å². The first-order valence-corrected chi connectivity index (χ1v) is 10.2. The summed E-state index contributed by atoms with van der Waals surface area (Å²) in [6.45, 7) is 2.15. The molecule has 2 rings (SSSR count). The highest BCUT2D eigenvalue weighted by Crippen LogP contribution is 2.36. The Balaban J connectivity index is 2.07. The third-order valence-corrected chi connectivity index (χ3v) is 4.45. The van der Waals surface area contributed by atoms with Gasteiger partial charge < -0.3 is 19.7 Å². The molecular weight excluding hydrogens is 475 g/mol. The number of thiocarbonyl (C=S) groups is 1. The van der Waals surface area contributed by atoms with Crippen LogP contribution in [0.5, 0.6) is 11.5 Å². The molecule has 10 heteroatoms. The van der Waals surface area contributed by atoms with Crippen molar-refractivity contribution in [3.8, 4) is 11.5 Å². The Hall–Kier alpha value is -2.72. The second kappa shape index (κ2) is 11.5. The molecule has 0 saturated heterocycles. The van der Waals surface area contributed by atoms with E-state index in [0.717, 1.165) is 0 Å². The number of halogens is 2. The third-order valence-electron chi connectivity index (χ3n) is 3.67. The van der Waals surface area contributed by atoms with Crippen molar-refractivity contribution in [2.24, 2.45) is 5.10 Å². The Morgan fingerprint density at radius 2 is 2.03 bits per heavy atom. The fraction of sp³-hybridized carbons (Fsp3) is 0.250. The van der Waals surface area contributed by atoms with Crippen molar-refractivity contribution in [3.63, 3.8) is 0 Å². The van der Waals surface area contributed by atoms with Crippen LogP contribution in [0.1, 0.15) is 12.5 Å². The number of carbonyl (C=O) groups is 1. The Morgan fingerprint density at radius 3 is 2.70 bits per heavy atom. The molecule has 0 radical (unpaired) electrons. The first-order valence-electron chi connectivity index (χ1n) is 8.95. The highest BCUT2D eigenvalue weighted by atomic mass is 79.9. The third kappa shape index (κ3) is 6.96. The van der Waals surface area contributed by atoms with E-state index in [2.05, 4.69) is 31.8 Å². The van der Waals surface area contributed by atoms with Gasteiger partial charge in [0.2, 0.25) is 0 Å². The number of hydrazone groups is 1. The van der Waals surface area contributed by atoms with E-state index >= 15 is 0 Å². The quantitative estimate of drug-likeness (QED) is 0.329. The molecule has 0 saturated carbocycles. The average Bonchev–Trinajstić information content (AvgIpc) is 2.69. The number of ether oxygens (including phenoxy) is 2. The molecule has 0 spiro atoms. The van der Waals surface area contributed by atoms with Crippen molar-refractivity contribution >= 4 is 51.1 Å². The molecule has 0 fully saturated rings. The second-order valence-corrected chi connectivity index (χ2v) is 7.41. The fourth-order valence-electron chi connectivity index (χ4n) is 2.21. The monoisotopic (exact) mass is 496 g/mol. The Labute approximate surface area is 188 Å². The second-order valence-electron chi connectivity index (χ2n) is 6.14. The predicted molar refractivity (Wildman–Crippen MR) is 123 cm³/mol. The van der Waals surface area contributed by atoms with E-state index in [9.17, 15) is 9.18 Å². The molecule has 0 aromatic heterocycles. The molecule has 0 unspecified atom stereocenters. The number of nitrogens with one attached hydrogen (secondary N) is 2. The van der Waals surface area contributed by atoms with Crippen molar-refractivity contribution in [2.75, 3.05) is 32.6 Å². The minimum absolute atomic E-state index is 0.114. The molecule has 0 aliphatic carbocycles. The number of nitrogens with zero attached hydrogens (tertiary/aromatic N) is 2. The number of para-hydroxylation sites is 1. The van der Waals surface area contributed by atoms with Crippen LogP contribution in [-0.4, -0.2) is 49.4 Å². The highest BCUT2D eigenvalue weighted by molar-refractivity contribution is 9.10. The molecule has 7 nitrogen and oxygen atoms in total. The van der Waals surface area contributed by atoms with E-state index in [1.807, 2.05) is 6.92 Å². The number of hydrogen-bond donors (Lipinski definition) is 2. The normalized spacial score (nSPS) is 10.6. The van der Waals surface area contributed by atoms with Gasteiger partial charge in [0.1, 0.15) is 5.82 Å². The van der Waals surface area contributed by atoms with Crippen LogP contribution < -0.4 is 20.2 Å². The Kier molecular flexibility index (Phi) is 9.00. The summed E-state index contributed by atoms with van der Waals surface area (Å²) in [6, 6.07) is 9.67. The van der Waals surface area contributed by atoms with Crippen LogP contribution in [0.25, 0.3) is 0 Å². The maximum Gasteiger partial charge on any atom is 0.259 e. The molecule has 160 valence electrons. The number of anilines is 1. The van der Waals surface area contributed by atoms with Crippen LogP contribution in [0, 0.1) is 5.82 Å². The Bertz CT molecular complexity index is 940. The van der Waals surface area contributed by atoms with Gasteiger partial charge in [-0.05, 0) is 64.9 Å². The number of rotatable bonds is 8. The van der Waals surface area contributed by atoms with E-state index in [1.54, 1.807) is 44.4 Å². The van der Waals surface area contributed by atoms with E-state index < -0.39 is 5.82 Å². The lowest BCUT2D eigenvalue weighted by atomic mass is 10.2. The molecule has 1 amide bonds. The average molecular weight is 497 g/mol. The van der Waals surface area contributed by atoms with Crippen LogP contribution in [-0.2, 0) is 4.79 Å². The van der Waals surface area contributed by atoms with Gasteiger partial charge in [-0.3, -0.25) is 10.2 Å². The van der Waals surface area contributed by atoms with Crippen molar-refractivity contribution < 1.29 is 18.7 Å². The van der Waals surface area contributed by atoms with Crippen molar-refractivity contribution in [1.82, 2.24) is 10.3 Å². The number of likely N-dealkylation sites (N-methyl/N-ethyl adjacent to an activating group) is 1. The minimum Gasteiger partial charge on any atom is -0.490 e. The van der Waals surface area contributed by atoms with Gasteiger partial charge in [0.05, 0.1) is 23.0 Å². The molecule has 0 bridgehead atoms. The minimum atomic E-state index is -0.417. The summed E-state index contributed by atoms with van der Waals surface area (Å²) in [6.07, 6.45) is 1.53. The zero-order valence-electron chi connectivity index (χ0n) is 16.7. The maximum absolute atomic E-state index is 13.7. The Morgan fingerprint density at radius 1 is 1.30 bits per heavy atom. The summed E-state index contributed by atoms with van der Waals surface area (Å²) >= 11 is 8.55. The summed E-state index contributed by atoms with van der Waals surface area (Å²) in [4.78, 5) is 13.2. The van der Waals surface area contributed by atoms with Gasteiger partial charge in [-0.2, -0.15) is 5.10 Å². The van der Waals surface area contributed by atoms with Gasteiger partial charge >= 0.3 is 0 Å². The molecule has 0 aliphatic rings. The molecule has 0 heterocycles. The van der Waals surface area contributed by atoms with Crippen LogP contribution in [0.2, 0.25) is 0 Å². The lowest BCUT2D eigenvalue weighted by Crippen LogP contribution is -2.27. The van der Waals surface area contributed by atoms with Gasteiger partial charge in [0.25, 0.3) is 5.91 Å². The first kappa shape index (κ1) is 23.6. The molecular formula is C20H22BrFN4O3S. The lowest BCUT2D eigenvalue weighted by molar-refractivity contribution is -0.130. The van der Waals surface area contributed by atoms with Crippen molar-refractivity contribution in [2.45, 2.75) is 6.92 Å². The highest BCUT2D eigenvalue weighted by Gasteiger charge is 2.14. The van der Waals surface area contributed by atoms with Crippen LogP contribution in [0.15, 0.2) is 46.0 Å². The summed E-state index contributed by atoms with van der Waals surface area (Å²) < 4.78 is 25.5. The molecule has 30 heavy (non-hydrogen) atoms. The zero-order valence-corrected chi connectivity index (χ0v) is 19.1. The first-order chi connectivity index (χ1) is 14.3. The van der Waals surface area contributed by atoms with Crippen LogP contribution >= 0.6 is 28.1 Å². The summed E-state index contributed by atoms with van der Waals surface area (Å²) in [5.74, 6) is 0.301.